The van der Waals surface area contributed by atoms with Gasteiger partial charge in [0, 0.05) is 30.3 Å². The molecule has 0 radical (unpaired) electrons. The molecule has 164 valence electrons. The molecule has 5 aromatic rings. The summed E-state index contributed by atoms with van der Waals surface area (Å²) in [7, 11) is 0. The number of carbonyl (C=O) groups excluding carboxylic acids is 1. The predicted octanol–water partition coefficient (Wildman–Crippen LogP) is 4.94. The van der Waals surface area contributed by atoms with Crippen LogP contribution < -0.4 is 5.32 Å². The van der Waals surface area contributed by atoms with Gasteiger partial charge in [0.1, 0.15) is 0 Å². The molecule has 6 nitrogen and oxygen atoms in total. The highest BCUT2D eigenvalue weighted by molar-refractivity contribution is 5.96. The first-order chi connectivity index (χ1) is 16.1. The van der Waals surface area contributed by atoms with Gasteiger partial charge in [-0.25, -0.2) is 4.98 Å². The molecule has 0 aliphatic carbocycles. The summed E-state index contributed by atoms with van der Waals surface area (Å²) in [5.74, 6) is -0.0948. The highest BCUT2D eigenvalue weighted by atomic mass is 16.1. The zero-order valence-electron chi connectivity index (χ0n) is 18.6. The third-order valence-electron chi connectivity index (χ3n) is 6.09. The summed E-state index contributed by atoms with van der Waals surface area (Å²) in [6.45, 7) is 4.73. The summed E-state index contributed by atoms with van der Waals surface area (Å²) in [4.78, 5) is 25.1. The number of aryl methyl sites for hydroxylation is 1. The maximum absolute atomic E-state index is 13.5. The molecule has 3 heterocycles. The van der Waals surface area contributed by atoms with E-state index in [9.17, 15) is 4.79 Å². The Morgan fingerprint density at radius 3 is 2.58 bits per heavy atom. The third kappa shape index (κ3) is 4.15. The summed E-state index contributed by atoms with van der Waals surface area (Å²) in [6.07, 6.45) is 5.26. The first-order valence-electron chi connectivity index (χ1n) is 10.9. The van der Waals surface area contributed by atoms with E-state index in [0.29, 0.717) is 12.1 Å². The summed E-state index contributed by atoms with van der Waals surface area (Å²) < 4.78 is 2.17. The smallest absolute Gasteiger partial charge is 0.253 e. The number of aromatic nitrogens is 4. The van der Waals surface area contributed by atoms with Crippen LogP contribution in [0, 0.1) is 13.8 Å². The molecule has 0 fully saturated rings. The quantitative estimate of drug-likeness (QED) is 0.396. The fourth-order valence-electron chi connectivity index (χ4n) is 4.29. The summed E-state index contributed by atoms with van der Waals surface area (Å²) in [5.41, 5.74) is 7.68. The van der Waals surface area contributed by atoms with Crippen molar-refractivity contribution in [2.24, 2.45) is 0 Å². The first-order valence-corrected chi connectivity index (χ1v) is 10.9. The molecule has 0 saturated carbocycles. The van der Waals surface area contributed by atoms with E-state index < -0.39 is 0 Å². The van der Waals surface area contributed by atoms with Gasteiger partial charge in [-0.3, -0.25) is 9.78 Å². The van der Waals surface area contributed by atoms with Crippen LogP contribution in [0.5, 0.6) is 0 Å². The Balaban J connectivity index is 1.47. The minimum absolute atomic E-state index is 0.0948. The second kappa shape index (κ2) is 8.74. The van der Waals surface area contributed by atoms with Crippen LogP contribution in [-0.2, 0) is 6.54 Å². The van der Waals surface area contributed by atoms with Gasteiger partial charge in [0.15, 0.2) is 0 Å². The number of rotatable bonds is 6. The van der Waals surface area contributed by atoms with Crippen molar-refractivity contribution in [1.82, 2.24) is 24.8 Å². The number of amides is 1. The van der Waals surface area contributed by atoms with Crippen LogP contribution in [0.1, 0.15) is 44.5 Å². The molecular weight excluding hydrogens is 410 g/mol. The summed E-state index contributed by atoms with van der Waals surface area (Å²) in [6, 6.07) is 21.8. The normalized spacial score (nSPS) is 12.1. The van der Waals surface area contributed by atoms with Gasteiger partial charge < -0.3 is 14.9 Å². The van der Waals surface area contributed by atoms with Crippen molar-refractivity contribution in [1.29, 1.82) is 0 Å². The minimum atomic E-state index is -0.283. The Labute approximate surface area is 192 Å². The maximum Gasteiger partial charge on any atom is 0.253 e. The molecule has 1 atom stereocenters. The number of aromatic amines is 1. The number of benzene rings is 2. The first kappa shape index (κ1) is 20.7. The summed E-state index contributed by atoms with van der Waals surface area (Å²) in [5, 5.41) is 3.27. The fourth-order valence-corrected chi connectivity index (χ4v) is 4.29. The van der Waals surface area contributed by atoms with Gasteiger partial charge >= 0.3 is 0 Å². The Bertz CT molecular complexity index is 1400. The second-order valence-electron chi connectivity index (χ2n) is 8.22. The van der Waals surface area contributed by atoms with Gasteiger partial charge in [-0.15, -0.1) is 0 Å². The van der Waals surface area contributed by atoms with Gasteiger partial charge in [0.2, 0.25) is 0 Å². The highest BCUT2D eigenvalue weighted by Gasteiger charge is 2.22. The molecule has 0 aliphatic rings. The van der Waals surface area contributed by atoms with E-state index in [4.69, 9.17) is 0 Å². The molecule has 1 unspecified atom stereocenters. The molecular formula is C27H25N5O. The zero-order chi connectivity index (χ0) is 22.8. The fraction of sp³-hybridized carbons (Fsp3) is 0.148. The Hall–Kier alpha value is -4.19. The van der Waals surface area contributed by atoms with Gasteiger partial charge in [-0.1, -0.05) is 36.4 Å². The number of H-pyrrole nitrogens is 1. The molecule has 0 bridgehead atoms. The van der Waals surface area contributed by atoms with Crippen molar-refractivity contribution in [2.45, 2.75) is 26.4 Å². The van der Waals surface area contributed by atoms with E-state index in [2.05, 4.69) is 24.8 Å². The molecule has 0 spiro atoms. The van der Waals surface area contributed by atoms with Gasteiger partial charge in [0.25, 0.3) is 5.91 Å². The van der Waals surface area contributed by atoms with Crippen LogP contribution in [0.4, 0.5) is 0 Å². The van der Waals surface area contributed by atoms with E-state index in [1.54, 1.807) is 18.7 Å². The lowest BCUT2D eigenvalue weighted by molar-refractivity contribution is 0.0942. The lowest BCUT2D eigenvalue weighted by Gasteiger charge is -2.20. The van der Waals surface area contributed by atoms with Crippen molar-refractivity contribution in [3.05, 3.63) is 119 Å². The molecule has 0 saturated heterocycles. The average molecular weight is 436 g/mol. The predicted molar refractivity (Wildman–Crippen MR) is 129 cm³/mol. The van der Waals surface area contributed by atoms with Crippen molar-refractivity contribution in [2.75, 3.05) is 0 Å². The molecule has 2 N–H and O–H groups in total. The minimum Gasteiger partial charge on any atom is -0.345 e. The topological polar surface area (TPSA) is 75.6 Å². The number of imidazole rings is 1. The Morgan fingerprint density at radius 2 is 1.79 bits per heavy atom. The van der Waals surface area contributed by atoms with Crippen molar-refractivity contribution in [3.8, 4) is 0 Å². The molecule has 2 aromatic carbocycles. The zero-order valence-corrected chi connectivity index (χ0v) is 18.6. The number of pyridine rings is 1. The van der Waals surface area contributed by atoms with Crippen molar-refractivity contribution in [3.63, 3.8) is 0 Å². The number of hydrogen-bond acceptors (Lipinski definition) is 3. The number of nitrogens with zero attached hydrogens (tertiary/aromatic N) is 3. The molecule has 1 amide bonds. The molecule has 6 heteroatoms. The molecule has 5 rings (SSSR count). The third-order valence-corrected chi connectivity index (χ3v) is 6.09. The number of nitrogens with one attached hydrogen (secondary N) is 2. The van der Waals surface area contributed by atoms with E-state index in [1.165, 1.54) is 0 Å². The SMILES string of the molecule is Cc1cc(C(=O)NC(c2ccccc2)c2ccc3nc[nH]c3c2)c(C)n1Cc1ccncc1. The molecule has 0 aliphatic heterocycles. The summed E-state index contributed by atoms with van der Waals surface area (Å²) >= 11 is 0. The standard InChI is InChI=1S/C27H25N5O/c1-18-14-23(19(2)32(18)16-20-10-12-28-13-11-20)27(33)31-26(21-6-4-3-5-7-21)22-8-9-24-25(15-22)30-17-29-24/h3-15,17,26H,16H2,1-2H3,(H,29,30)(H,31,33). The van der Waals surface area contributed by atoms with Crippen LogP contribution in [0.15, 0.2) is 85.5 Å². The molecule has 33 heavy (non-hydrogen) atoms. The van der Waals surface area contributed by atoms with E-state index >= 15 is 0 Å². The van der Waals surface area contributed by atoms with Crippen LogP contribution in [-0.4, -0.2) is 25.4 Å². The lowest BCUT2D eigenvalue weighted by atomic mass is 9.97. The van der Waals surface area contributed by atoms with Crippen molar-refractivity contribution < 1.29 is 4.79 Å². The van der Waals surface area contributed by atoms with Crippen molar-refractivity contribution >= 4 is 16.9 Å². The van der Waals surface area contributed by atoms with Gasteiger partial charge in [0.05, 0.1) is 29.0 Å². The van der Waals surface area contributed by atoms with Gasteiger partial charge in [-0.2, -0.15) is 0 Å². The maximum atomic E-state index is 13.5. The van der Waals surface area contributed by atoms with Crippen LogP contribution in [0.2, 0.25) is 0 Å². The van der Waals surface area contributed by atoms with E-state index in [-0.39, 0.29) is 11.9 Å². The van der Waals surface area contributed by atoms with Crippen LogP contribution in [0.3, 0.4) is 0 Å². The Morgan fingerprint density at radius 1 is 1.00 bits per heavy atom. The molecule has 3 aromatic heterocycles. The highest BCUT2D eigenvalue weighted by Crippen LogP contribution is 2.26. The number of hydrogen-bond donors (Lipinski definition) is 2. The van der Waals surface area contributed by atoms with Crippen LogP contribution >= 0.6 is 0 Å². The van der Waals surface area contributed by atoms with Gasteiger partial charge in [-0.05, 0) is 60.9 Å². The average Bonchev–Trinajstić information content (AvgIpc) is 3.43. The van der Waals surface area contributed by atoms with E-state index in [0.717, 1.165) is 39.1 Å². The lowest BCUT2D eigenvalue weighted by Crippen LogP contribution is -2.29. The second-order valence-corrected chi connectivity index (χ2v) is 8.22. The van der Waals surface area contributed by atoms with E-state index in [1.807, 2.05) is 80.6 Å². The van der Waals surface area contributed by atoms with Crippen LogP contribution in [0.25, 0.3) is 11.0 Å². The monoisotopic (exact) mass is 435 g/mol. The largest absolute Gasteiger partial charge is 0.345 e. The Kier molecular flexibility index (Phi) is 5.48. The number of fused-ring (bicyclic) bond motifs is 1. The number of carbonyl (C=O) groups is 1.